The van der Waals surface area contributed by atoms with E-state index in [0.717, 1.165) is 6.54 Å². The van der Waals surface area contributed by atoms with Gasteiger partial charge in [0.15, 0.2) is 11.5 Å². The highest BCUT2D eigenvalue weighted by molar-refractivity contribution is 6.00. The van der Waals surface area contributed by atoms with Gasteiger partial charge < -0.3 is 44.7 Å². The smallest absolute Gasteiger partial charge is 0.321 e. The van der Waals surface area contributed by atoms with E-state index >= 15 is 0 Å². The number of fused-ring (bicyclic) bond motifs is 2. The molecule has 0 fully saturated rings. The van der Waals surface area contributed by atoms with Crippen molar-refractivity contribution in [2.75, 3.05) is 64.8 Å². The molecule has 12 heteroatoms. The van der Waals surface area contributed by atoms with E-state index in [9.17, 15) is 19.5 Å². The Morgan fingerprint density at radius 3 is 2.45 bits per heavy atom. The van der Waals surface area contributed by atoms with Crippen LogP contribution in [0.25, 0.3) is 0 Å². The Labute approximate surface area is 246 Å². The van der Waals surface area contributed by atoms with Gasteiger partial charge in [0.1, 0.15) is 11.9 Å². The number of anilines is 2. The first kappa shape index (κ1) is 30.9. The summed E-state index contributed by atoms with van der Waals surface area (Å²) in [6, 6.07) is 9.39. The van der Waals surface area contributed by atoms with Crippen LogP contribution in [0.15, 0.2) is 36.4 Å². The Morgan fingerprint density at radius 1 is 1.05 bits per heavy atom. The summed E-state index contributed by atoms with van der Waals surface area (Å²) in [6.45, 7) is 5.00. The number of aliphatic hydroxyl groups is 1. The number of carbonyl (C=O) groups is 3. The van der Waals surface area contributed by atoms with Crippen LogP contribution in [0.5, 0.6) is 17.2 Å². The minimum atomic E-state index is -0.468. The molecule has 2 heterocycles. The lowest BCUT2D eigenvalue weighted by Gasteiger charge is -2.38. The van der Waals surface area contributed by atoms with Crippen LogP contribution in [-0.2, 0) is 4.79 Å². The number of carbonyl (C=O) groups excluding carboxylic acids is 3. The topological polar surface area (TPSA) is 133 Å². The molecule has 0 saturated heterocycles. The number of nitrogens with zero attached hydrogens (tertiary/aromatic N) is 3. The molecule has 42 heavy (non-hydrogen) atoms. The standard InChI is InChI=1S/C30H41N5O7/c1-19-15-35(20(2)17-36)29(38)23-13-21(31-28(37)7-6-12-33(3)4)8-10-24(23)42-27(19)16-34(5)30(39)32-22-9-11-25-26(14-22)41-18-40-25/h8-11,13-14,19-20,27,36H,6-7,12,15-18H2,1-5H3,(H,31,37)(H,32,39)/t19-,20+,27-/m0/s1. The van der Waals surface area contributed by atoms with E-state index in [1.165, 1.54) is 4.90 Å². The molecule has 0 bridgehead atoms. The van der Waals surface area contributed by atoms with Gasteiger partial charge in [-0.1, -0.05) is 6.92 Å². The number of amides is 4. The number of aliphatic hydroxyl groups excluding tert-OH is 1. The van der Waals surface area contributed by atoms with Gasteiger partial charge in [0.25, 0.3) is 5.91 Å². The Kier molecular flexibility index (Phi) is 10.1. The van der Waals surface area contributed by atoms with E-state index in [1.54, 1.807) is 55.3 Å². The van der Waals surface area contributed by atoms with Crippen molar-refractivity contribution < 1.29 is 33.7 Å². The van der Waals surface area contributed by atoms with Crippen molar-refractivity contribution in [3.05, 3.63) is 42.0 Å². The first-order valence-corrected chi connectivity index (χ1v) is 14.1. The third-order valence-electron chi connectivity index (χ3n) is 7.38. The van der Waals surface area contributed by atoms with Gasteiger partial charge in [0.05, 0.1) is 24.8 Å². The molecule has 0 saturated carbocycles. The molecule has 0 aliphatic carbocycles. The monoisotopic (exact) mass is 583 g/mol. The van der Waals surface area contributed by atoms with E-state index in [4.69, 9.17) is 14.2 Å². The lowest BCUT2D eigenvalue weighted by molar-refractivity contribution is -0.116. The molecular weight excluding hydrogens is 542 g/mol. The molecule has 2 aliphatic heterocycles. The van der Waals surface area contributed by atoms with Crippen molar-refractivity contribution in [2.45, 2.75) is 38.8 Å². The van der Waals surface area contributed by atoms with Crippen molar-refractivity contribution in [1.29, 1.82) is 0 Å². The zero-order chi connectivity index (χ0) is 30.4. The molecular formula is C30H41N5O7. The average Bonchev–Trinajstić information content (AvgIpc) is 3.42. The summed E-state index contributed by atoms with van der Waals surface area (Å²) >= 11 is 0. The first-order valence-electron chi connectivity index (χ1n) is 14.1. The van der Waals surface area contributed by atoms with Crippen LogP contribution < -0.4 is 24.8 Å². The summed E-state index contributed by atoms with van der Waals surface area (Å²) in [5.74, 6) is 0.929. The second kappa shape index (κ2) is 13.8. The van der Waals surface area contributed by atoms with E-state index in [1.807, 2.05) is 25.9 Å². The number of urea groups is 1. The highest BCUT2D eigenvalue weighted by Gasteiger charge is 2.34. The zero-order valence-electron chi connectivity index (χ0n) is 24.9. The number of rotatable bonds is 10. The number of benzene rings is 2. The fraction of sp³-hybridized carbons (Fsp3) is 0.500. The van der Waals surface area contributed by atoms with Crippen LogP contribution in [0.3, 0.4) is 0 Å². The summed E-state index contributed by atoms with van der Waals surface area (Å²) in [7, 11) is 5.58. The van der Waals surface area contributed by atoms with Gasteiger partial charge in [-0.25, -0.2) is 4.79 Å². The van der Waals surface area contributed by atoms with Gasteiger partial charge >= 0.3 is 6.03 Å². The number of nitrogens with one attached hydrogen (secondary N) is 2. The molecule has 0 radical (unpaired) electrons. The SMILES string of the molecule is C[C@H](CO)N1C[C@H](C)[C@H](CN(C)C(=O)Nc2ccc3c(c2)OCO3)Oc2ccc(NC(=O)CCCN(C)C)cc2C1=O. The third kappa shape index (κ3) is 7.62. The van der Waals surface area contributed by atoms with Gasteiger partial charge in [-0.15, -0.1) is 0 Å². The number of hydrogen-bond donors (Lipinski definition) is 3. The average molecular weight is 584 g/mol. The maximum atomic E-state index is 13.7. The molecule has 0 spiro atoms. The van der Waals surface area contributed by atoms with Crippen LogP contribution in [0.2, 0.25) is 0 Å². The summed E-state index contributed by atoms with van der Waals surface area (Å²) in [5.41, 5.74) is 1.34. The first-order chi connectivity index (χ1) is 20.0. The van der Waals surface area contributed by atoms with Crippen molar-refractivity contribution >= 4 is 29.2 Å². The predicted molar refractivity (Wildman–Crippen MR) is 158 cm³/mol. The minimum absolute atomic E-state index is 0.141. The van der Waals surface area contributed by atoms with Crippen LogP contribution >= 0.6 is 0 Å². The van der Waals surface area contributed by atoms with Crippen molar-refractivity contribution in [3.63, 3.8) is 0 Å². The Morgan fingerprint density at radius 2 is 1.74 bits per heavy atom. The lowest BCUT2D eigenvalue weighted by Crippen LogP contribution is -2.50. The van der Waals surface area contributed by atoms with E-state index in [2.05, 4.69) is 10.6 Å². The molecule has 0 aromatic heterocycles. The second-order valence-electron chi connectivity index (χ2n) is 11.2. The normalized spacial score (nSPS) is 18.5. The van der Waals surface area contributed by atoms with Crippen LogP contribution in [0.4, 0.5) is 16.2 Å². The maximum Gasteiger partial charge on any atom is 0.321 e. The quantitative estimate of drug-likeness (QED) is 0.389. The second-order valence-corrected chi connectivity index (χ2v) is 11.2. The van der Waals surface area contributed by atoms with Crippen LogP contribution in [0, 0.1) is 5.92 Å². The molecule has 3 N–H and O–H groups in total. The zero-order valence-corrected chi connectivity index (χ0v) is 24.9. The van der Waals surface area contributed by atoms with Gasteiger partial charge in [-0.3, -0.25) is 9.59 Å². The Bertz CT molecular complexity index is 1290. The van der Waals surface area contributed by atoms with Gasteiger partial charge in [-0.2, -0.15) is 0 Å². The van der Waals surface area contributed by atoms with Crippen LogP contribution in [-0.4, -0.2) is 104 Å². The highest BCUT2D eigenvalue weighted by atomic mass is 16.7. The highest BCUT2D eigenvalue weighted by Crippen LogP contribution is 2.34. The lowest BCUT2D eigenvalue weighted by atomic mass is 9.99. The van der Waals surface area contributed by atoms with Crippen LogP contribution in [0.1, 0.15) is 37.0 Å². The summed E-state index contributed by atoms with van der Waals surface area (Å²) in [6.07, 6.45) is 0.598. The molecule has 2 aromatic carbocycles. The predicted octanol–water partition coefficient (Wildman–Crippen LogP) is 3.08. The Hall–Kier alpha value is -4.03. The van der Waals surface area contributed by atoms with E-state index < -0.39 is 12.1 Å². The van der Waals surface area contributed by atoms with E-state index in [-0.39, 0.29) is 49.3 Å². The summed E-state index contributed by atoms with van der Waals surface area (Å²) in [4.78, 5) is 44.4. The molecule has 2 aromatic rings. The third-order valence-corrected chi connectivity index (χ3v) is 7.38. The summed E-state index contributed by atoms with van der Waals surface area (Å²) in [5, 5.41) is 15.7. The largest absolute Gasteiger partial charge is 0.487 e. The molecule has 2 aliphatic rings. The van der Waals surface area contributed by atoms with Crippen molar-refractivity contribution in [2.24, 2.45) is 5.92 Å². The maximum absolute atomic E-state index is 13.7. The Balaban J connectivity index is 1.50. The number of ether oxygens (including phenoxy) is 3. The van der Waals surface area contributed by atoms with Gasteiger partial charge in [0.2, 0.25) is 12.7 Å². The van der Waals surface area contributed by atoms with Gasteiger partial charge in [0, 0.05) is 43.4 Å². The summed E-state index contributed by atoms with van der Waals surface area (Å²) < 4.78 is 17.1. The fourth-order valence-electron chi connectivity index (χ4n) is 4.84. The molecule has 4 rings (SSSR count). The molecule has 4 amide bonds. The van der Waals surface area contributed by atoms with Gasteiger partial charge in [-0.05, 0) is 64.3 Å². The van der Waals surface area contributed by atoms with Crippen molar-refractivity contribution in [1.82, 2.24) is 14.7 Å². The number of likely N-dealkylation sites (N-methyl/N-ethyl adjacent to an activating group) is 1. The molecule has 0 unspecified atom stereocenters. The van der Waals surface area contributed by atoms with E-state index in [0.29, 0.717) is 48.0 Å². The molecule has 228 valence electrons. The minimum Gasteiger partial charge on any atom is -0.487 e. The molecule has 3 atom stereocenters. The fourth-order valence-corrected chi connectivity index (χ4v) is 4.84. The molecule has 12 nitrogen and oxygen atoms in total. The van der Waals surface area contributed by atoms with Crippen molar-refractivity contribution in [3.8, 4) is 17.2 Å². The number of hydrogen-bond acceptors (Lipinski definition) is 8.